The summed E-state index contributed by atoms with van der Waals surface area (Å²) in [4.78, 5) is 20.9. The molecule has 0 saturated heterocycles. The van der Waals surface area contributed by atoms with E-state index in [0.717, 1.165) is 28.8 Å². The molecule has 1 N–H and O–H groups in total. The quantitative estimate of drug-likeness (QED) is 0.928. The van der Waals surface area contributed by atoms with Gasteiger partial charge in [0.05, 0.1) is 11.8 Å². The van der Waals surface area contributed by atoms with E-state index in [4.69, 9.17) is 0 Å². The highest BCUT2D eigenvalue weighted by atomic mass is 32.2. The van der Waals surface area contributed by atoms with Crippen molar-refractivity contribution in [1.29, 1.82) is 0 Å². The molecule has 1 aliphatic heterocycles. The number of anilines is 1. The van der Waals surface area contributed by atoms with Gasteiger partial charge in [0.15, 0.2) is 0 Å². The van der Waals surface area contributed by atoms with E-state index in [1.54, 1.807) is 23.5 Å². The standard InChI is InChI=1S/C13H17N3OS2/c1-3-10(19-13-14-7-8-18-13)12(17)16-11-6-4-5-9(2)15-11/h4-6,10H,3,7-8H2,1-2H3,(H,15,16,17). The van der Waals surface area contributed by atoms with E-state index < -0.39 is 0 Å². The van der Waals surface area contributed by atoms with Gasteiger partial charge >= 0.3 is 0 Å². The number of rotatable bonds is 4. The van der Waals surface area contributed by atoms with Crippen LogP contribution in [0.3, 0.4) is 0 Å². The molecule has 19 heavy (non-hydrogen) atoms. The number of hydrogen-bond donors (Lipinski definition) is 1. The van der Waals surface area contributed by atoms with Crippen LogP contribution in [0, 0.1) is 6.92 Å². The number of aryl methyl sites for hydroxylation is 1. The maximum atomic E-state index is 12.2. The molecule has 6 heteroatoms. The minimum absolute atomic E-state index is 0.000741. The van der Waals surface area contributed by atoms with Gasteiger partial charge in [0, 0.05) is 11.4 Å². The van der Waals surface area contributed by atoms with Crippen molar-refractivity contribution in [3.63, 3.8) is 0 Å². The van der Waals surface area contributed by atoms with Crippen LogP contribution in [-0.4, -0.2) is 32.8 Å². The third kappa shape index (κ3) is 4.24. The van der Waals surface area contributed by atoms with Crippen molar-refractivity contribution < 1.29 is 4.79 Å². The van der Waals surface area contributed by atoms with Gasteiger partial charge in [-0.2, -0.15) is 0 Å². The first-order valence-corrected chi connectivity index (χ1v) is 8.14. The molecule has 1 aromatic heterocycles. The van der Waals surface area contributed by atoms with Gasteiger partial charge in [-0.3, -0.25) is 9.79 Å². The van der Waals surface area contributed by atoms with Gasteiger partial charge in [0.1, 0.15) is 10.2 Å². The third-order valence-corrected chi connectivity index (χ3v) is 5.17. The highest BCUT2D eigenvalue weighted by Crippen LogP contribution is 2.28. The fourth-order valence-electron chi connectivity index (χ4n) is 1.65. The van der Waals surface area contributed by atoms with Gasteiger partial charge < -0.3 is 5.32 Å². The predicted octanol–water partition coefficient (Wildman–Crippen LogP) is 2.94. The first-order chi connectivity index (χ1) is 9.19. The molecule has 0 spiro atoms. The fraction of sp³-hybridized carbons (Fsp3) is 0.462. The molecule has 4 nitrogen and oxygen atoms in total. The van der Waals surface area contributed by atoms with Crippen molar-refractivity contribution in [3.05, 3.63) is 23.9 Å². The van der Waals surface area contributed by atoms with Crippen LogP contribution in [-0.2, 0) is 4.79 Å². The summed E-state index contributed by atoms with van der Waals surface area (Å²) in [7, 11) is 0. The molecule has 0 aliphatic carbocycles. The van der Waals surface area contributed by atoms with Gasteiger partial charge in [-0.15, -0.1) is 0 Å². The normalized spacial score (nSPS) is 16.0. The van der Waals surface area contributed by atoms with Gasteiger partial charge in [-0.05, 0) is 25.5 Å². The van der Waals surface area contributed by atoms with Crippen LogP contribution in [0.2, 0.25) is 0 Å². The Balaban J connectivity index is 1.96. The molecule has 1 atom stereocenters. The number of aliphatic imine (C=N–C) groups is 1. The fourth-order valence-corrected chi connectivity index (χ4v) is 3.80. The molecule has 1 unspecified atom stereocenters. The Labute approximate surface area is 121 Å². The number of pyridine rings is 1. The first-order valence-electron chi connectivity index (χ1n) is 6.27. The number of amides is 1. The van der Waals surface area contributed by atoms with E-state index in [1.807, 2.05) is 32.0 Å². The Morgan fingerprint density at radius 3 is 3.05 bits per heavy atom. The molecular weight excluding hydrogens is 278 g/mol. The molecule has 102 valence electrons. The average Bonchev–Trinajstić information content (AvgIpc) is 2.88. The largest absolute Gasteiger partial charge is 0.310 e. The molecule has 1 aliphatic rings. The first kappa shape index (κ1) is 14.4. The maximum absolute atomic E-state index is 12.2. The minimum Gasteiger partial charge on any atom is -0.310 e. The number of hydrogen-bond acceptors (Lipinski definition) is 5. The summed E-state index contributed by atoms with van der Waals surface area (Å²) >= 11 is 3.29. The van der Waals surface area contributed by atoms with Crippen LogP contribution < -0.4 is 5.32 Å². The summed E-state index contributed by atoms with van der Waals surface area (Å²) in [6.07, 6.45) is 0.780. The molecule has 1 aromatic rings. The summed E-state index contributed by atoms with van der Waals surface area (Å²) in [5.41, 5.74) is 0.897. The number of carbonyl (C=O) groups is 1. The second kappa shape index (κ2) is 6.96. The molecule has 1 amide bonds. The van der Waals surface area contributed by atoms with Crippen molar-refractivity contribution >= 4 is 39.6 Å². The van der Waals surface area contributed by atoms with Gasteiger partial charge in [-0.1, -0.05) is 36.5 Å². The monoisotopic (exact) mass is 295 g/mol. The van der Waals surface area contributed by atoms with Crippen LogP contribution >= 0.6 is 23.5 Å². The number of nitrogens with zero attached hydrogens (tertiary/aromatic N) is 2. The van der Waals surface area contributed by atoms with E-state index in [1.165, 1.54) is 0 Å². The zero-order chi connectivity index (χ0) is 13.7. The second-order valence-electron chi connectivity index (χ2n) is 4.16. The molecule has 0 aromatic carbocycles. The molecule has 0 bridgehead atoms. The average molecular weight is 295 g/mol. The van der Waals surface area contributed by atoms with Crippen molar-refractivity contribution in [2.75, 3.05) is 17.6 Å². The summed E-state index contributed by atoms with van der Waals surface area (Å²) < 4.78 is 1.03. The number of carbonyl (C=O) groups excluding carboxylic acids is 1. The molecule has 0 saturated carbocycles. The maximum Gasteiger partial charge on any atom is 0.239 e. The lowest BCUT2D eigenvalue weighted by atomic mass is 10.3. The SMILES string of the molecule is CCC(SC1=NCCS1)C(=O)Nc1cccc(C)n1. The van der Waals surface area contributed by atoms with E-state index in [9.17, 15) is 4.79 Å². The lowest BCUT2D eigenvalue weighted by Gasteiger charge is -2.13. The highest BCUT2D eigenvalue weighted by Gasteiger charge is 2.21. The van der Waals surface area contributed by atoms with E-state index in [2.05, 4.69) is 15.3 Å². The Kier molecular flexibility index (Phi) is 5.27. The smallest absolute Gasteiger partial charge is 0.239 e. The number of nitrogens with one attached hydrogen (secondary N) is 1. The van der Waals surface area contributed by atoms with Crippen molar-refractivity contribution in [2.24, 2.45) is 4.99 Å². The highest BCUT2D eigenvalue weighted by molar-refractivity contribution is 8.39. The molecular formula is C13H17N3OS2. The zero-order valence-corrected chi connectivity index (χ0v) is 12.7. The predicted molar refractivity (Wildman–Crippen MR) is 84.0 cm³/mol. The van der Waals surface area contributed by atoms with Crippen LogP contribution in [0.1, 0.15) is 19.0 Å². The minimum atomic E-state index is -0.105. The van der Waals surface area contributed by atoms with Gasteiger partial charge in [0.2, 0.25) is 5.91 Å². The van der Waals surface area contributed by atoms with Gasteiger partial charge in [-0.25, -0.2) is 4.98 Å². The van der Waals surface area contributed by atoms with Crippen LogP contribution in [0.25, 0.3) is 0 Å². The van der Waals surface area contributed by atoms with Crippen molar-refractivity contribution in [3.8, 4) is 0 Å². The number of aromatic nitrogens is 1. The van der Waals surface area contributed by atoms with Gasteiger partial charge in [0.25, 0.3) is 0 Å². The van der Waals surface area contributed by atoms with E-state index in [0.29, 0.717) is 5.82 Å². The summed E-state index contributed by atoms with van der Waals surface area (Å²) in [5.74, 6) is 1.64. The zero-order valence-electron chi connectivity index (χ0n) is 11.0. The topological polar surface area (TPSA) is 54.4 Å². The molecule has 2 rings (SSSR count). The molecule has 2 heterocycles. The molecule has 0 radical (unpaired) electrons. The Morgan fingerprint density at radius 1 is 1.58 bits per heavy atom. The van der Waals surface area contributed by atoms with Crippen molar-refractivity contribution in [2.45, 2.75) is 25.5 Å². The Bertz CT molecular complexity index is 491. The number of thioether (sulfide) groups is 2. The summed E-state index contributed by atoms with van der Waals surface area (Å²) in [5, 5.41) is 2.77. The van der Waals surface area contributed by atoms with Crippen LogP contribution in [0.4, 0.5) is 5.82 Å². The van der Waals surface area contributed by atoms with Crippen molar-refractivity contribution in [1.82, 2.24) is 4.98 Å². The molecule has 0 fully saturated rings. The second-order valence-corrected chi connectivity index (χ2v) is 6.70. The summed E-state index contributed by atoms with van der Waals surface area (Å²) in [6, 6.07) is 5.61. The Hall–Kier alpha value is -1.01. The van der Waals surface area contributed by atoms with Crippen LogP contribution in [0.15, 0.2) is 23.2 Å². The van der Waals surface area contributed by atoms with E-state index in [-0.39, 0.29) is 11.2 Å². The lowest BCUT2D eigenvalue weighted by molar-refractivity contribution is -0.115. The van der Waals surface area contributed by atoms with Crippen LogP contribution in [0.5, 0.6) is 0 Å². The lowest BCUT2D eigenvalue weighted by Crippen LogP contribution is -2.25. The Morgan fingerprint density at radius 2 is 2.42 bits per heavy atom. The summed E-state index contributed by atoms with van der Waals surface area (Å²) in [6.45, 7) is 4.79. The third-order valence-electron chi connectivity index (χ3n) is 2.60. The van der Waals surface area contributed by atoms with E-state index >= 15 is 0 Å².